The third-order valence-corrected chi connectivity index (χ3v) is 2.76. The molecule has 1 amide bonds. The predicted octanol–water partition coefficient (Wildman–Crippen LogP) is 2.40. The van der Waals surface area contributed by atoms with Gasteiger partial charge in [-0.3, -0.25) is 0 Å². The van der Waals surface area contributed by atoms with Crippen LogP contribution in [0.4, 0.5) is 4.79 Å². The van der Waals surface area contributed by atoms with E-state index in [1.54, 1.807) is 4.90 Å². The van der Waals surface area contributed by atoms with Crippen molar-refractivity contribution < 1.29 is 14.6 Å². The van der Waals surface area contributed by atoms with Gasteiger partial charge in [0.25, 0.3) is 0 Å². The van der Waals surface area contributed by atoms with Crippen LogP contribution in [0.1, 0.15) is 47.5 Å². The zero-order valence-corrected chi connectivity index (χ0v) is 11.6. The molecule has 2 atom stereocenters. The van der Waals surface area contributed by atoms with Crippen molar-refractivity contribution in [3.05, 3.63) is 0 Å². The van der Waals surface area contributed by atoms with Crippen LogP contribution < -0.4 is 0 Å². The Morgan fingerprint density at radius 3 is 2.53 bits per heavy atom. The highest BCUT2D eigenvalue weighted by Gasteiger charge is 2.36. The van der Waals surface area contributed by atoms with Gasteiger partial charge in [0.2, 0.25) is 0 Å². The first-order chi connectivity index (χ1) is 7.69. The van der Waals surface area contributed by atoms with Crippen LogP contribution in [0, 0.1) is 5.92 Å². The van der Waals surface area contributed by atoms with E-state index in [0.29, 0.717) is 18.9 Å². The summed E-state index contributed by atoms with van der Waals surface area (Å²) in [4.78, 5) is 13.7. The monoisotopic (exact) mass is 243 g/mol. The molecule has 0 radical (unpaired) electrons. The first-order valence-electron chi connectivity index (χ1n) is 6.36. The first-order valence-corrected chi connectivity index (χ1v) is 6.36. The van der Waals surface area contributed by atoms with E-state index >= 15 is 0 Å². The molecule has 0 aromatic heterocycles. The van der Waals surface area contributed by atoms with Crippen LogP contribution in [0.2, 0.25) is 0 Å². The van der Waals surface area contributed by atoms with Crippen molar-refractivity contribution in [2.24, 2.45) is 5.92 Å². The maximum atomic E-state index is 12.0. The smallest absolute Gasteiger partial charge is 0.410 e. The molecule has 1 aliphatic heterocycles. The molecule has 0 unspecified atom stereocenters. The van der Waals surface area contributed by atoms with Crippen LogP contribution in [-0.2, 0) is 4.74 Å². The number of ether oxygens (including phenoxy) is 1. The summed E-state index contributed by atoms with van der Waals surface area (Å²) in [5, 5.41) is 9.68. The zero-order valence-electron chi connectivity index (χ0n) is 11.6. The van der Waals surface area contributed by atoms with Gasteiger partial charge in [-0.2, -0.15) is 0 Å². The van der Waals surface area contributed by atoms with E-state index in [0.717, 1.165) is 6.42 Å². The Balaban J connectivity index is 2.63. The summed E-state index contributed by atoms with van der Waals surface area (Å²) in [7, 11) is 0. The number of carbonyl (C=O) groups excluding carboxylic acids is 1. The molecule has 1 rings (SSSR count). The third-order valence-electron chi connectivity index (χ3n) is 2.76. The number of hydrogen-bond acceptors (Lipinski definition) is 3. The molecule has 4 nitrogen and oxygen atoms in total. The van der Waals surface area contributed by atoms with E-state index in [9.17, 15) is 9.90 Å². The molecule has 1 N–H and O–H groups in total. The van der Waals surface area contributed by atoms with Crippen molar-refractivity contribution in [1.82, 2.24) is 4.90 Å². The van der Waals surface area contributed by atoms with Crippen molar-refractivity contribution >= 4 is 6.09 Å². The number of rotatable bonds is 2. The van der Waals surface area contributed by atoms with E-state index in [1.807, 2.05) is 20.8 Å². The van der Waals surface area contributed by atoms with E-state index in [4.69, 9.17) is 4.74 Å². The standard InChI is InChI=1S/C13H25NO3/c1-9(2)6-10-7-11(15)8-14(10)12(16)17-13(3,4)5/h9-11,15H,6-8H2,1-5H3/t10-,11-/m1/s1. The van der Waals surface area contributed by atoms with Crippen LogP contribution >= 0.6 is 0 Å². The Bertz CT molecular complexity index is 270. The van der Waals surface area contributed by atoms with Gasteiger partial charge in [-0.1, -0.05) is 13.8 Å². The van der Waals surface area contributed by atoms with Crippen molar-refractivity contribution in [2.45, 2.75) is 65.2 Å². The first kappa shape index (κ1) is 14.3. The molecule has 1 fully saturated rings. The fourth-order valence-corrected chi connectivity index (χ4v) is 2.20. The summed E-state index contributed by atoms with van der Waals surface area (Å²) < 4.78 is 5.36. The van der Waals surface area contributed by atoms with E-state index in [2.05, 4.69) is 13.8 Å². The molecule has 1 heterocycles. The number of likely N-dealkylation sites (tertiary alicyclic amines) is 1. The highest BCUT2D eigenvalue weighted by Crippen LogP contribution is 2.25. The van der Waals surface area contributed by atoms with Crippen molar-refractivity contribution in [3.8, 4) is 0 Å². The summed E-state index contributed by atoms with van der Waals surface area (Å²) in [5.41, 5.74) is -0.479. The Hall–Kier alpha value is -0.770. The Morgan fingerprint density at radius 2 is 2.06 bits per heavy atom. The minimum absolute atomic E-state index is 0.111. The number of amides is 1. The summed E-state index contributed by atoms with van der Waals surface area (Å²) >= 11 is 0. The number of β-amino-alcohol motifs (C(OH)–C–C–N with tert-alkyl or cyclic N) is 1. The molecule has 4 heteroatoms. The largest absolute Gasteiger partial charge is 0.444 e. The maximum Gasteiger partial charge on any atom is 0.410 e. The summed E-state index contributed by atoms with van der Waals surface area (Å²) in [6.07, 6.45) is 0.860. The van der Waals surface area contributed by atoms with E-state index < -0.39 is 11.7 Å². The Labute approximate surface area is 104 Å². The van der Waals surface area contributed by atoms with E-state index in [1.165, 1.54) is 0 Å². The molecule has 0 aromatic carbocycles. The third kappa shape index (κ3) is 4.54. The zero-order chi connectivity index (χ0) is 13.2. The number of aliphatic hydroxyl groups excluding tert-OH is 1. The van der Waals surface area contributed by atoms with Crippen molar-refractivity contribution in [1.29, 1.82) is 0 Å². The lowest BCUT2D eigenvalue weighted by atomic mass is 10.0. The average molecular weight is 243 g/mol. The molecular weight excluding hydrogens is 218 g/mol. The van der Waals surface area contributed by atoms with Crippen LogP contribution in [0.5, 0.6) is 0 Å². The van der Waals surface area contributed by atoms with E-state index in [-0.39, 0.29) is 12.1 Å². The van der Waals surface area contributed by atoms with Gasteiger partial charge < -0.3 is 14.7 Å². The lowest BCUT2D eigenvalue weighted by molar-refractivity contribution is 0.0195. The minimum Gasteiger partial charge on any atom is -0.444 e. The number of aliphatic hydroxyl groups is 1. The summed E-state index contributed by atoms with van der Waals surface area (Å²) in [6, 6.07) is 0.111. The highest BCUT2D eigenvalue weighted by molar-refractivity contribution is 5.69. The van der Waals surface area contributed by atoms with Gasteiger partial charge in [0.15, 0.2) is 0 Å². The fourth-order valence-electron chi connectivity index (χ4n) is 2.20. The predicted molar refractivity (Wildman–Crippen MR) is 66.8 cm³/mol. The molecule has 1 saturated heterocycles. The van der Waals surface area contributed by atoms with Gasteiger partial charge in [0.05, 0.1) is 12.6 Å². The highest BCUT2D eigenvalue weighted by atomic mass is 16.6. The number of nitrogens with zero attached hydrogens (tertiary/aromatic N) is 1. The van der Waals surface area contributed by atoms with Crippen LogP contribution in [0.15, 0.2) is 0 Å². The van der Waals surface area contributed by atoms with Gasteiger partial charge in [0.1, 0.15) is 5.60 Å². The fraction of sp³-hybridized carbons (Fsp3) is 0.923. The maximum absolute atomic E-state index is 12.0. The molecule has 100 valence electrons. The van der Waals surface area contributed by atoms with Crippen molar-refractivity contribution in [3.63, 3.8) is 0 Å². The quantitative estimate of drug-likeness (QED) is 0.810. The van der Waals surface area contributed by atoms with Crippen LogP contribution in [0.25, 0.3) is 0 Å². The molecule has 0 saturated carbocycles. The second-order valence-electron chi connectivity index (χ2n) is 6.31. The second kappa shape index (κ2) is 5.25. The van der Waals surface area contributed by atoms with Gasteiger partial charge >= 0.3 is 6.09 Å². The number of carbonyl (C=O) groups is 1. The normalized spacial score (nSPS) is 25.5. The summed E-state index contributed by atoms with van der Waals surface area (Å²) in [6.45, 7) is 10.2. The molecule has 17 heavy (non-hydrogen) atoms. The molecule has 0 aliphatic carbocycles. The minimum atomic E-state index is -0.479. The second-order valence-corrected chi connectivity index (χ2v) is 6.31. The van der Waals surface area contributed by atoms with Crippen LogP contribution in [-0.4, -0.2) is 40.4 Å². The molecule has 0 bridgehead atoms. The summed E-state index contributed by atoms with van der Waals surface area (Å²) in [5.74, 6) is 0.509. The van der Waals surface area contributed by atoms with Crippen LogP contribution in [0.3, 0.4) is 0 Å². The van der Waals surface area contributed by atoms with Gasteiger partial charge in [-0.25, -0.2) is 4.79 Å². The lowest BCUT2D eigenvalue weighted by Gasteiger charge is -2.29. The average Bonchev–Trinajstić information content (AvgIpc) is 2.42. The molecule has 1 aliphatic rings. The molecule has 0 spiro atoms. The Morgan fingerprint density at radius 1 is 1.47 bits per heavy atom. The lowest BCUT2D eigenvalue weighted by Crippen LogP contribution is -2.40. The SMILES string of the molecule is CC(C)C[C@@H]1C[C@@H](O)CN1C(=O)OC(C)(C)C. The molecular formula is C13H25NO3. The molecule has 0 aromatic rings. The van der Waals surface area contributed by atoms with Gasteiger partial charge in [-0.05, 0) is 39.5 Å². The van der Waals surface area contributed by atoms with Crippen molar-refractivity contribution in [2.75, 3.05) is 6.54 Å². The number of hydrogen-bond donors (Lipinski definition) is 1. The van der Waals surface area contributed by atoms with Gasteiger partial charge in [-0.15, -0.1) is 0 Å². The van der Waals surface area contributed by atoms with Gasteiger partial charge in [0, 0.05) is 6.04 Å². The Kier molecular flexibility index (Phi) is 4.42. The topological polar surface area (TPSA) is 49.8 Å².